The minimum absolute atomic E-state index is 0.0552. The number of nitrogens with one attached hydrogen (secondary N) is 4. The number of sulfonamides is 1. The van der Waals surface area contributed by atoms with E-state index in [-0.39, 0.29) is 28.9 Å². The zero-order valence-electron chi connectivity index (χ0n) is 21.6. The number of benzene rings is 2. The van der Waals surface area contributed by atoms with Crippen molar-refractivity contribution in [2.45, 2.75) is 19.8 Å². The van der Waals surface area contributed by atoms with Gasteiger partial charge in [-0.15, -0.1) is 0 Å². The van der Waals surface area contributed by atoms with Crippen LogP contribution in [0.25, 0.3) is 16.7 Å². The molecule has 0 radical (unpaired) electrons. The summed E-state index contributed by atoms with van der Waals surface area (Å²) >= 11 is 0. The maximum absolute atomic E-state index is 14.9. The van der Waals surface area contributed by atoms with Crippen molar-refractivity contribution < 1.29 is 22.3 Å². The number of urea groups is 1. The maximum Gasteiger partial charge on any atom is 0.324 e. The van der Waals surface area contributed by atoms with E-state index in [9.17, 15) is 17.6 Å². The van der Waals surface area contributed by atoms with Crippen molar-refractivity contribution in [1.82, 2.24) is 24.7 Å². The van der Waals surface area contributed by atoms with Crippen LogP contribution in [0.15, 0.2) is 67.1 Å². The number of aromatic amines is 1. The molecule has 0 aliphatic carbocycles. The molecule has 5 aromatic rings. The molecule has 2 amide bonds. The van der Waals surface area contributed by atoms with Gasteiger partial charge in [-0.25, -0.2) is 32.3 Å². The van der Waals surface area contributed by atoms with Crippen LogP contribution < -0.4 is 20.1 Å². The third-order valence-electron chi connectivity index (χ3n) is 5.66. The highest BCUT2D eigenvalue weighted by Gasteiger charge is 2.17. The Morgan fingerprint density at radius 1 is 1.02 bits per heavy atom. The lowest BCUT2D eigenvalue weighted by Gasteiger charge is -2.12. The standard InChI is InChI=1S/C26H25FN8O4S/c1-15(2)22-13-25(35(33-22)16-4-6-21-23(10-16)30-14-29-21)32-26(36)31-20-7-5-17(11-19(20)27)39-18-8-9-28-24(12-18)34-40(3,37)38/h4-15H,1-3H3,(H,28,34)(H,29,30)(H2,31,32,36). The van der Waals surface area contributed by atoms with Gasteiger partial charge >= 0.3 is 6.03 Å². The average Bonchev–Trinajstić information content (AvgIpc) is 3.51. The van der Waals surface area contributed by atoms with E-state index in [0.717, 1.165) is 29.0 Å². The van der Waals surface area contributed by atoms with Crippen LogP contribution in [-0.2, 0) is 10.0 Å². The summed E-state index contributed by atoms with van der Waals surface area (Å²) in [5.74, 6) is 0.181. The molecule has 3 heterocycles. The first-order valence-corrected chi connectivity index (χ1v) is 14.0. The minimum atomic E-state index is -3.53. The number of aromatic nitrogens is 5. The van der Waals surface area contributed by atoms with Crippen LogP contribution in [0.5, 0.6) is 11.5 Å². The molecule has 0 saturated carbocycles. The summed E-state index contributed by atoms with van der Waals surface area (Å²) in [7, 11) is -3.53. The van der Waals surface area contributed by atoms with Gasteiger partial charge in [0.05, 0.1) is 40.7 Å². The molecule has 206 valence electrons. The summed E-state index contributed by atoms with van der Waals surface area (Å²) in [5.41, 5.74) is 2.99. The van der Waals surface area contributed by atoms with Crippen molar-refractivity contribution in [2.75, 3.05) is 21.6 Å². The Bertz CT molecular complexity index is 1820. The highest BCUT2D eigenvalue weighted by Crippen LogP contribution is 2.28. The molecule has 0 aliphatic rings. The van der Waals surface area contributed by atoms with Crippen molar-refractivity contribution in [1.29, 1.82) is 0 Å². The fourth-order valence-electron chi connectivity index (χ4n) is 3.81. The minimum Gasteiger partial charge on any atom is -0.457 e. The number of hydrogen-bond donors (Lipinski definition) is 4. The van der Waals surface area contributed by atoms with Gasteiger partial charge in [-0.2, -0.15) is 5.10 Å². The lowest BCUT2D eigenvalue weighted by atomic mass is 10.1. The number of imidazole rings is 1. The Morgan fingerprint density at radius 3 is 2.58 bits per heavy atom. The monoisotopic (exact) mass is 564 g/mol. The van der Waals surface area contributed by atoms with Crippen molar-refractivity contribution in [3.8, 4) is 17.2 Å². The van der Waals surface area contributed by atoms with Gasteiger partial charge in [-0.1, -0.05) is 13.8 Å². The molecule has 2 aromatic carbocycles. The number of rotatable bonds is 8. The van der Waals surface area contributed by atoms with Gasteiger partial charge in [0.1, 0.15) is 29.0 Å². The second-order valence-electron chi connectivity index (χ2n) is 9.20. The molecule has 4 N–H and O–H groups in total. The van der Waals surface area contributed by atoms with Crippen LogP contribution in [0, 0.1) is 5.82 Å². The number of carbonyl (C=O) groups excluding carboxylic acids is 1. The molecular weight excluding hydrogens is 539 g/mol. The number of ether oxygens (including phenoxy) is 1. The highest BCUT2D eigenvalue weighted by molar-refractivity contribution is 7.92. The Kier molecular flexibility index (Phi) is 7.09. The van der Waals surface area contributed by atoms with Crippen LogP contribution in [-0.4, -0.2) is 45.4 Å². The molecule has 0 aliphatic heterocycles. The topological polar surface area (TPSA) is 156 Å². The van der Waals surface area contributed by atoms with Gasteiger partial charge in [0.2, 0.25) is 10.0 Å². The number of H-pyrrole nitrogens is 1. The van der Waals surface area contributed by atoms with Gasteiger partial charge < -0.3 is 15.0 Å². The summed E-state index contributed by atoms with van der Waals surface area (Å²) in [6.07, 6.45) is 3.94. The third kappa shape index (κ3) is 6.18. The molecule has 5 rings (SSSR count). The first-order chi connectivity index (χ1) is 19.0. The molecule has 12 nitrogen and oxygen atoms in total. The molecule has 0 fully saturated rings. The number of hydrogen-bond acceptors (Lipinski definition) is 7. The number of amides is 2. The largest absolute Gasteiger partial charge is 0.457 e. The second kappa shape index (κ2) is 10.6. The molecule has 0 atom stereocenters. The van der Waals surface area contributed by atoms with E-state index in [1.807, 2.05) is 32.0 Å². The highest BCUT2D eigenvalue weighted by atomic mass is 32.2. The van der Waals surface area contributed by atoms with E-state index in [1.165, 1.54) is 30.5 Å². The average molecular weight is 565 g/mol. The van der Waals surface area contributed by atoms with Gasteiger partial charge in [-0.05, 0) is 42.3 Å². The number of halogens is 1. The molecule has 40 heavy (non-hydrogen) atoms. The predicted molar refractivity (Wildman–Crippen MR) is 149 cm³/mol. The Hall–Kier alpha value is -4.98. The van der Waals surface area contributed by atoms with Crippen LogP contribution in [0.1, 0.15) is 25.5 Å². The predicted octanol–water partition coefficient (Wildman–Crippen LogP) is 5.21. The number of anilines is 3. The van der Waals surface area contributed by atoms with Gasteiger partial charge in [0.15, 0.2) is 0 Å². The number of pyridine rings is 1. The normalized spacial score (nSPS) is 11.5. The molecule has 0 bridgehead atoms. The Balaban J connectivity index is 1.31. The molecule has 0 unspecified atom stereocenters. The number of nitrogens with zero attached hydrogens (tertiary/aromatic N) is 4. The maximum atomic E-state index is 14.9. The van der Waals surface area contributed by atoms with E-state index >= 15 is 0 Å². The van der Waals surface area contributed by atoms with Crippen molar-refractivity contribution >= 4 is 44.4 Å². The van der Waals surface area contributed by atoms with E-state index in [4.69, 9.17) is 4.74 Å². The van der Waals surface area contributed by atoms with Crippen molar-refractivity contribution in [3.63, 3.8) is 0 Å². The summed E-state index contributed by atoms with van der Waals surface area (Å²) < 4.78 is 47.2. The van der Waals surface area contributed by atoms with E-state index < -0.39 is 21.9 Å². The smallest absolute Gasteiger partial charge is 0.324 e. The second-order valence-corrected chi connectivity index (χ2v) is 10.9. The van der Waals surface area contributed by atoms with Crippen LogP contribution in [0.2, 0.25) is 0 Å². The van der Waals surface area contributed by atoms with Gasteiger partial charge in [0.25, 0.3) is 0 Å². The van der Waals surface area contributed by atoms with E-state index in [0.29, 0.717) is 11.5 Å². The summed E-state index contributed by atoms with van der Waals surface area (Å²) in [4.78, 5) is 24.1. The summed E-state index contributed by atoms with van der Waals surface area (Å²) in [6, 6.07) is 13.4. The van der Waals surface area contributed by atoms with E-state index in [2.05, 4.69) is 35.4 Å². The Labute approximate surface area is 228 Å². The lowest BCUT2D eigenvalue weighted by Crippen LogP contribution is -2.22. The molecular formula is C26H25FN8O4S. The molecule has 0 saturated heterocycles. The first kappa shape index (κ1) is 26.6. The van der Waals surface area contributed by atoms with Crippen LogP contribution in [0.3, 0.4) is 0 Å². The molecule has 14 heteroatoms. The summed E-state index contributed by atoms with van der Waals surface area (Å²) in [5, 5.41) is 9.87. The molecule has 3 aromatic heterocycles. The lowest BCUT2D eigenvalue weighted by molar-refractivity contribution is 0.262. The van der Waals surface area contributed by atoms with Crippen LogP contribution >= 0.6 is 0 Å². The van der Waals surface area contributed by atoms with Crippen molar-refractivity contribution in [2.24, 2.45) is 0 Å². The third-order valence-corrected chi connectivity index (χ3v) is 6.24. The quantitative estimate of drug-likeness (QED) is 0.201. The molecule has 0 spiro atoms. The van der Waals surface area contributed by atoms with Crippen LogP contribution in [0.4, 0.5) is 26.5 Å². The fourth-order valence-corrected chi connectivity index (χ4v) is 4.30. The fraction of sp³-hybridized carbons (Fsp3) is 0.154. The SMILES string of the molecule is CC(C)c1cc(NC(=O)Nc2ccc(Oc3ccnc(NS(C)(=O)=O)c3)cc2F)n(-c2ccc3[nH]cnc3c2)n1. The summed E-state index contributed by atoms with van der Waals surface area (Å²) in [6.45, 7) is 3.98. The zero-order chi connectivity index (χ0) is 28.4. The zero-order valence-corrected chi connectivity index (χ0v) is 22.5. The van der Waals surface area contributed by atoms with Crippen molar-refractivity contribution in [3.05, 3.63) is 78.6 Å². The van der Waals surface area contributed by atoms with Gasteiger partial charge in [-0.3, -0.25) is 10.0 Å². The van der Waals surface area contributed by atoms with E-state index in [1.54, 1.807) is 17.1 Å². The first-order valence-electron chi connectivity index (χ1n) is 12.1. The number of carbonyl (C=O) groups is 1. The number of fused-ring (bicyclic) bond motifs is 1. The van der Waals surface area contributed by atoms with Gasteiger partial charge in [0, 0.05) is 24.4 Å². The Morgan fingerprint density at radius 2 is 1.82 bits per heavy atom.